The van der Waals surface area contributed by atoms with Crippen LogP contribution in [0.1, 0.15) is 51.5 Å². The van der Waals surface area contributed by atoms with Gasteiger partial charge in [-0.25, -0.2) is 0 Å². The molecule has 0 saturated heterocycles. The normalized spacial score (nSPS) is 11.9. The second kappa shape index (κ2) is 9.82. The molecular weight excluding hydrogens is 316 g/mol. The topological polar surface area (TPSA) is 52.6 Å². The highest BCUT2D eigenvalue weighted by Crippen LogP contribution is 2.16. The molecule has 134 valence electrons. The van der Waals surface area contributed by atoms with Gasteiger partial charge in [0.2, 0.25) is 0 Å². The molecule has 0 N–H and O–H groups in total. The Kier molecular flexibility index (Phi) is 7.45. The predicted molar refractivity (Wildman–Crippen MR) is 98.1 cm³/mol. The van der Waals surface area contributed by atoms with E-state index in [1.54, 1.807) is 0 Å². The third kappa shape index (κ3) is 6.57. The summed E-state index contributed by atoms with van der Waals surface area (Å²) >= 11 is 0. The molecule has 0 amide bonds. The molecule has 0 aliphatic rings. The average Bonchev–Trinajstić information content (AvgIpc) is 2.62. The van der Waals surface area contributed by atoms with Gasteiger partial charge in [0, 0.05) is 0 Å². The smallest absolute Gasteiger partial charge is 0.306 e. The van der Waals surface area contributed by atoms with Crippen molar-refractivity contribution in [2.24, 2.45) is 0 Å². The van der Waals surface area contributed by atoms with E-state index in [0.29, 0.717) is 0 Å². The Hall–Kier alpha value is -2.36. The summed E-state index contributed by atoms with van der Waals surface area (Å²) in [6, 6.07) is 14.0. The number of fused-ring (bicyclic) bond motifs is 1. The lowest BCUT2D eigenvalue weighted by Gasteiger charge is -2.12. The van der Waals surface area contributed by atoms with Crippen molar-refractivity contribution in [3.63, 3.8) is 0 Å². The van der Waals surface area contributed by atoms with Crippen molar-refractivity contribution in [1.29, 1.82) is 0 Å². The Morgan fingerprint density at radius 1 is 1.00 bits per heavy atom. The van der Waals surface area contributed by atoms with Gasteiger partial charge in [-0.3, -0.25) is 9.59 Å². The number of hydrogen-bond acceptors (Lipinski definition) is 4. The molecule has 4 nitrogen and oxygen atoms in total. The molecule has 0 aromatic heterocycles. The van der Waals surface area contributed by atoms with Crippen LogP contribution >= 0.6 is 0 Å². The van der Waals surface area contributed by atoms with Crippen molar-refractivity contribution >= 4 is 22.7 Å². The molecule has 4 heteroatoms. The molecule has 0 saturated carbocycles. The first-order valence-electron chi connectivity index (χ1n) is 8.91. The number of rotatable bonds is 9. The van der Waals surface area contributed by atoms with E-state index in [1.165, 1.54) is 0 Å². The van der Waals surface area contributed by atoms with Crippen LogP contribution in [0.15, 0.2) is 42.5 Å². The van der Waals surface area contributed by atoms with E-state index >= 15 is 0 Å². The summed E-state index contributed by atoms with van der Waals surface area (Å²) in [5.74, 6) is -0.724. The van der Waals surface area contributed by atoms with E-state index in [9.17, 15) is 9.59 Å². The van der Waals surface area contributed by atoms with E-state index < -0.39 is 0 Å². The second-order valence-corrected chi connectivity index (χ2v) is 6.28. The molecule has 2 aromatic carbocycles. The van der Waals surface area contributed by atoms with Gasteiger partial charge in [-0.1, -0.05) is 56.2 Å². The summed E-state index contributed by atoms with van der Waals surface area (Å²) in [5, 5.41) is 2.26. The Morgan fingerprint density at radius 3 is 2.48 bits per heavy atom. The summed E-state index contributed by atoms with van der Waals surface area (Å²) in [6.07, 6.45) is 2.97. The molecule has 0 spiro atoms. The first-order valence-corrected chi connectivity index (χ1v) is 8.91. The standard InChI is InChI=1S/C21H26O4/c1-3-4-7-16(2)25-21(23)13-12-20(22)24-15-17-10-11-18-8-5-6-9-19(18)14-17/h5-6,8-11,14,16H,3-4,7,12-13,15H2,1-2H3. The summed E-state index contributed by atoms with van der Waals surface area (Å²) in [7, 11) is 0. The minimum absolute atomic E-state index is 0.0485. The van der Waals surface area contributed by atoms with Crippen LogP contribution in [0.4, 0.5) is 0 Å². The van der Waals surface area contributed by atoms with Crippen LogP contribution in [0, 0.1) is 0 Å². The van der Waals surface area contributed by atoms with Crippen LogP contribution in [0.2, 0.25) is 0 Å². The van der Waals surface area contributed by atoms with Crippen molar-refractivity contribution in [3.8, 4) is 0 Å². The van der Waals surface area contributed by atoms with Gasteiger partial charge in [0.1, 0.15) is 6.61 Å². The van der Waals surface area contributed by atoms with Crippen molar-refractivity contribution in [3.05, 3.63) is 48.0 Å². The summed E-state index contributed by atoms with van der Waals surface area (Å²) < 4.78 is 10.5. The van der Waals surface area contributed by atoms with Crippen LogP contribution in [0.25, 0.3) is 10.8 Å². The third-order valence-electron chi connectivity index (χ3n) is 4.04. The van der Waals surface area contributed by atoms with E-state index in [2.05, 4.69) is 6.92 Å². The molecule has 25 heavy (non-hydrogen) atoms. The highest BCUT2D eigenvalue weighted by molar-refractivity contribution is 5.83. The summed E-state index contributed by atoms with van der Waals surface area (Å²) in [5.41, 5.74) is 0.933. The van der Waals surface area contributed by atoms with Crippen LogP contribution < -0.4 is 0 Å². The van der Waals surface area contributed by atoms with Gasteiger partial charge in [-0.2, -0.15) is 0 Å². The Bertz CT molecular complexity index is 708. The zero-order chi connectivity index (χ0) is 18.1. The fraction of sp³-hybridized carbons (Fsp3) is 0.429. The molecule has 0 bridgehead atoms. The van der Waals surface area contributed by atoms with Crippen LogP contribution in [-0.2, 0) is 25.7 Å². The van der Waals surface area contributed by atoms with E-state index in [-0.39, 0.29) is 37.5 Å². The lowest BCUT2D eigenvalue weighted by Crippen LogP contribution is -2.16. The molecular formula is C21H26O4. The predicted octanol–water partition coefficient (Wildman–Crippen LogP) is 4.79. The molecule has 2 aromatic rings. The highest BCUT2D eigenvalue weighted by Gasteiger charge is 2.12. The fourth-order valence-electron chi connectivity index (χ4n) is 2.60. The van der Waals surface area contributed by atoms with E-state index in [1.807, 2.05) is 49.4 Å². The largest absolute Gasteiger partial charge is 0.463 e. The number of unbranched alkanes of at least 4 members (excludes halogenated alkanes) is 1. The van der Waals surface area contributed by atoms with Crippen molar-refractivity contribution in [2.75, 3.05) is 0 Å². The fourth-order valence-corrected chi connectivity index (χ4v) is 2.60. The quantitative estimate of drug-likeness (QED) is 0.615. The van der Waals surface area contributed by atoms with Crippen molar-refractivity contribution in [1.82, 2.24) is 0 Å². The lowest BCUT2D eigenvalue weighted by atomic mass is 10.1. The average molecular weight is 342 g/mol. The molecule has 2 rings (SSSR count). The van der Waals surface area contributed by atoms with Crippen LogP contribution in [-0.4, -0.2) is 18.0 Å². The van der Waals surface area contributed by atoms with Crippen molar-refractivity contribution in [2.45, 2.75) is 58.7 Å². The number of ether oxygens (including phenoxy) is 2. The van der Waals surface area contributed by atoms with Crippen LogP contribution in [0.3, 0.4) is 0 Å². The zero-order valence-corrected chi connectivity index (χ0v) is 15.0. The number of benzene rings is 2. The molecule has 0 aliphatic heterocycles. The van der Waals surface area contributed by atoms with Gasteiger partial charge >= 0.3 is 11.9 Å². The number of carbonyl (C=O) groups is 2. The molecule has 0 fully saturated rings. The minimum Gasteiger partial charge on any atom is -0.463 e. The Morgan fingerprint density at radius 2 is 1.72 bits per heavy atom. The maximum Gasteiger partial charge on any atom is 0.306 e. The van der Waals surface area contributed by atoms with Gasteiger partial charge in [0.15, 0.2) is 0 Å². The molecule has 0 heterocycles. The number of carbonyl (C=O) groups excluding carboxylic acids is 2. The Labute approximate surface area is 149 Å². The number of hydrogen-bond donors (Lipinski definition) is 0. The Balaban J connectivity index is 1.71. The maximum atomic E-state index is 11.8. The monoisotopic (exact) mass is 342 g/mol. The zero-order valence-electron chi connectivity index (χ0n) is 15.0. The first-order chi connectivity index (χ1) is 12.1. The minimum atomic E-state index is -0.383. The first kappa shape index (κ1) is 19.0. The highest BCUT2D eigenvalue weighted by atomic mass is 16.5. The van der Waals surface area contributed by atoms with Gasteiger partial charge in [0.05, 0.1) is 18.9 Å². The maximum absolute atomic E-state index is 11.8. The van der Waals surface area contributed by atoms with Gasteiger partial charge in [-0.05, 0) is 35.7 Å². The van der Waals surface area contributed by atoms with E-state index in [4.69, 9.17) is 9.47 Å². The molecule has 0 radical (unpaired) electrons. The van der Waals surface area contributed by atoms with Gasteiger partial charge in [0.25, 0.3) is 0 Å². The van der Waals surface area contributed by atoms with Gasteiger partial charge < -0.3 is 9.47 Å². The lowest BCUT2D eigenvalue weighted by molar-refractivity contribution is -0.153. The molecule has 1 atom stereocenters. The molecule has 1 unspecified atom stereocenters. The summed E-state index contributed by atoms with van der Waals surface area (Å²) in [4.78, 5) is 23.5. The van der Waals surface area contributed by atoms with E-state index in [0.717, 1.165) is 35.6 Å². The van der Waals surface area contributed by atoms with Gasteiger partial charge in [-0.15, -0.1) is 0 Å². The molecule has 0 aliphatic carbocycles. The van der Waals surface area contributed by atoms with Crippen LogP contribution in [0.5, 0.6) is 0 Å². The number of esters is 2. The summed E-state index contributed by atoms with van der Waals surface area (Å²) in [6.45, 7) is 4.19. The third-order valence-corrected chi connectivity index (χ3v) is 4.04. The second-order valence-electron chi connectivity index (χ2n) is 6.28. The van der Waals surface area contributed by atoms with Crippen molar-refractivity contribution < 1.29 is 19.1 Å². The SMILES string of the molecule is CCCCC(C)OC(=O)CCC(=O)OCc1ccc2ccccc2c1.